The smallest absolute Gasteiger partial charge is 0.281 e. The molecule has 7 heteroatoms. The highest BCUT2D eigenvalue weighted by Gasteiger charge is 2.17. The summed E-state index contributed by atoms with van der Waals surface area (Å²) in [5.41, 5.74) is 4.99. The van der Waals surface area contributed by atoms with Gasteiger partial charge in [0.25, 0.3) is 5.56 Å². The van der Waals surface area contributed by atoms with Crippen LogP contribution in [0.3, 0.4) is 0 Å². The average Bonchev–Trinajstić information content (AvgIpc) is 3.08. The molecule has 6 nitrogen and oxygen atoms in total. The predicted octanol–water partition coefficient (Wildman–Crippen LogP) is 3.75. The SMILES string of the molecule is COc1ccc(CC(=O)Nn2cnc3sc(C)c(-c4ccccc4)c3c2=O)cc1. The van der Waals surface area contributed by atoms with Gasteiger partial charge < -0.3 is 4.74 Å². The van der Waals surface area contributed by atoms with Gasteiger partial charge in [-0.15, -0.1) is 11.3 Å². The molecule has 2 heterocycles. The molecule has 4 aromatic rings. The number of methoxy groups -OCH3 is 1. The number of hydrogen-bond donors (Lipinski definition) is 1. The van der Waals surface area contributed by atoms with Crippen molar-refractivity contribution in [2.75, 3.05) is 12.5 Å². The first-order valence-electron chi connectivity index (χ1n) is 9.06. The van der Waals surface area contributed by atoms with E-state index in [2.05, 4.69) is 10.4 Å². The molecule has 0 spiro atoms. The monoisotopic (exact) mass is 405 g/mol. The minimum Gasteiger partial charge on any atom is -0.497 e. The maximum absolute atomic E-state index is 13.1. The van der Waals surface area contributed by atoms with Gasteiger partial charge in [0.1, 0.15) is 16.9 Å². The Kier molecular flexibility index (Phi) is 5.14. The van der Waals surface area contributed by atoms with E-state index >= 15 is 0 Å². The first-order chi connectivity index (χ1) is 14.1. The van der Waals surface area contributed by atoms with E-state index < -0.39 is 0 Å². The largest absolute Gasteiger partial charge is 0.497 e. The van der Waals surface area contributed by atoms with Crippen molar-refractivity contribution in [1.82, 2.24) is 9.66 Å². The van der Waals surface area contributed by atoms with Crippen LogP contribution in [-0.4, -0.2) is 22.7 Å². The van der Waals surface area contributed by atoms with E-state index in [0.29, 0.717) is 10.2 Å². The number of rotatable bonds is 5. The number of ether oxygens (including phenoxy) is 1. The van der Waals surface area contributed by atoms with Gasteiger partial charge >= 0.3 is 0 Å². The molecule has 0 atom stereocenters. The Balaban J connectivity index is 1.65. The zero-order chi connectivity index (χ0) is 20.4. The molecule has 29 heavy (non-hydrogen) atoms. The van der Waals surface area contributed by atoms with Crippen LogP contribution in [0.4, 0.5) is 0 Å². The van der Waals surface area contributed by atoms with Gasteiger partial charge in [-0.1, -0.05) is 42.5 Å². The van der Waals surface area contributed by atoms with Gasteiger partial charge in [0, 0.05) is 10.4 Å². The first kappa shape index (κ1) is 18.9. The molecule has 146 valence electrons. The molecule has 0 aliphatic rings. The van der Waals surface area contributed by atoms with Crippen LogP contribution in [-0.2, 0) is 11.2 Å². The van der Waals surface area contributed by atoms with Crippen LogP contribution in [0.15, 0.2) is 65.7 Å². The molecule has 4 rings (SSSR count). The summed E-state index contributed by atoms with van der Waals surface area (Å²) in [5.74, 6) is 0.424. The molecule has 0 unspecified atom stereocenters. The Hall–Kier alpha value is -3.45. The molecule has 2 aromatic heterocycles. The van der Waals surface area contributed by atoms with E-state index in [1.165, 1.54) is 17.7 Å². The van der Waals surface area contributed by atoms with Gasteiger partial charge in [0.15, 0.2) is 0 Å². The third-order valence-electron chi connectivity index (χ3n) is 4.62. The van der Waals surface area contributed by atoms with E-state index in [0.717, 1.165) is 32.0 Å². The van der Waals surface area contributed by atoms with Crippen molar-refractivity contribution < 1.29 is 9.53 Å². The number of carbonyl (C=O) groups excluding carboxylic acids is 1. The highest BCUT2D eigenvalue weighted by atomic mass is 32.1. The second kappa shape index (κ2) is 7.89. The van der Waals surface area contributed by atoms with Crippen LogP contribution in [0, 0.1) is 6.92 Å². The number of benzene rings is 2. The average molecular weight is 405 g/mol. The molecular formula is C22H19N3O3S. The standard InChI is InChI=1S/C22H19N3O3S/c1-14-19(16-6-4-3-5-7-16)20-21(29-14)23-13-25(22(20)27)24-18(26)12-15-8-10-17(28-2)11-9-15/h3-11,13H,12H2,1-2H3,(H,24,26). The number of thiophene rings is 1. The molecule has 0 radical (unpaired) electrons. The van der Waals surface area contributed by atoms with Crippen LogP contribution < -0.4 is 15.7 Å². The number of fused-ring (bicyclic) bond motifs is 1. The van der Waals surface area contributed by atoms with Crippen LogP contribution in [0.5, 0.6) is 5.75 Å². The molecule has 0 fully saturated rings. The number of carbonyl (C=O) groups is 1. The number of nitrogens with zero attached hydrogens (tertiary/aromatic N) is 2. The number of nitrogens with one attached hydrogen (secondary N) is 1. The van der Waals surface area contributed by atoms with Gasteiger partial charge in [0.2, 0.25) is 5.91 Å². The second-order valence-electron chi connectivity index (χ2n) is 6.56. The highest BCUT2D eigenvalue weighted by molar-refractivity contribution is 7.19. The Labute approximate surface area is 171 Å². The van der Waals surface area contributed by atoms with Crippen molar-refractivity contribution in [3.63, 3.8) is 0 Å². The number of aromatic nitrogens is 2. The summed E-state index contributed by atoms with van der Waals surface area (Å²) >= 11 is 1.47. The van der Waals surface area contributed by atoms with Crippen molar-refractivity contribution in [1.29, 1.82) is 0 Å². The first-order valence-corrected chi connectivity index (χ1v) is 9.87. The molecule has 0 aliphatic carbocycles. The molecule has 0 saturated carbocycles. The van der Waals surface area contributed by atoms with Gasteiger partial charge in [-0.25, -0.2) is 9.66 Å². The van der Waals surface area contributed by atoms with Crippen molar-refractivity contribution in [2.24, 2.45) is 0 Å². The van der Waals surface area contributed by atoms with Gasteiger partial charge in [-0.2, -0.15) is 0 Å². The number of aryl methyl sites for hydroxylation is 1. The quantitative estimate of drug-likeness (QED) is 0.549. The molecule has 1 amide bonds. The fraction of sp³-hybridized carbons (Fsp3) is 0.136. The summed E-state index contributed by atoms with van der Waals surface area (Å²) in [7, 11) is 1.59. The van der Waals surface area contributed by atoms with Gasteiger partial charge in [0.05, 0.1) is 18.9 Å². The Morgan fingerprint density at radius 3 is 2.55 bits per heavy atom. The van der Waals surface area contributed by atoms with Crippen molar-refractivity contribution in [3.05, 3.63) is 81.7 Å². The van der Waals surface area contributed by atoms with Gasteiger partial charge in [-0.05, 0) is 30.2 Å². The van der Waals surface area contributed by atoms with E-state index in [1.54, 1.807) is 19.2 Å². The maximum Gasteiger partial charge on any atom is 0.281 e. The summed E-state index contributed by atoms with van der Waals surface area (Å²) < 4.78 is 6.28. The fourth-order valence-electron chi connectivity index (χ4n) is 3.24. The van der Waals surface area contributed by atoms with Crippen molar-refractivity contribution in [3.8, 4) is 16.9 Å². The van der Waals surface area contributed by atoms with E-state index in [9.17, 15) is 9.59 Å². The van der Waals surface area contributed by atoms with E-state index in [4.69, 9.17) is 4.74 Å². The summed E-state index contributed by atoms with van der Waals surface area (Å²) in [6.45, 7) is 1.97. The lowest BCUT2D eigenvalue weighted by molar-refractivity contribution is -0.116. The summed E-state index contributed by atoms with van der Waals surface area (Å²) in [5, 5.41) is 0.519. The zero-order valence-corrected chi connectivity index (χ0v) is 16.8. The van der Waals surface area contributed by atoms with Crippen molar-refractivity contribution >= 4 is 27.5 Å². The third-order valence-corrected chi connectivity index (χ3v) is 5.63. The second-order valence-corrected chi connectivity index (χ2v) is 7.76. The predicted molar refractivity (Wildman–Crippen MR) is 115 cm³/mol. The Bertz CT molecular complexity index is 1230. The maximum atomic E-state index is 13.1. The summed E-state index contributed by atoms with van der Waals surface area (Å²) in [4.78, 5) is 31.6. The van der Waals surface area contributed by atoms with Gasteiger partial charge in [-0.3, -0.25) is 15.0 Å². The van der Waals surface area contributed by atoms with E-state index in [-0.39, 0.29) is 17.9 Å². The lowest BCUT2D eigenvalue weighted by Crippen LogP contribution is -2.34. The number of hydrogen-bond acceptors (Lipinski definition) is 5. The molecule has 2 aromatic carbocycles. The lowest BCUT2D eigenvalue weighted by atomic mass is 10.0. The van der Waals surface area contributed by atoms with Crippen molar-refractivity contribution in [2.45, 2.75) is 13.3 Å². The normalized spacial score (nSPS) is 10.8. The topological polar surface area (TPSA) is 73.2 Å². The molecule has 0 bridgehead atoms. The van der Waals surface area contributed by atoms with E-state index in [1.807, 2.05) is 49.4 Å². The van der Waals surface area contributed by atoms with Crippen LogP contribution in [0.25, 0.3) is 21.3 Å². The summed E-state index contributed by atoms with van der Waals surface area (Å²) in [6.07, 6.45) is 1.50. The zero-order valence-electron chi connectivity index (χ0n) is 16.0. The molecule has 0 saturated heterocycles. The minimum atomic E-state index is -0.299. The van der Waals surface area contributed by atoms with Crippen LogP contribution in [0.1, 0.15) is 10.4 Å². The molecule has 1 N–H and O–H groups in total. The molecular weight excluding hydrogens is 386 g/mol. The Morgan fingerprint density at radius 1 is 1.14 bits per heavy atom. The summed E-state index contributed by atoms with van der Waals surface area (Å²) in [6, 6.07) is 17.0. The minimum absolute atomic E-state index is 0.142. The Morgan fingerprint density at radius 2 is 1.86 bits per heavy atom. The number of amides is 1. The van der Waals surface area contributed by atoms with Crippen LogP contribution in [0.2, 0.25) is 0 Å². The third kappa shape index (κ3) is 3.77. The highest BCUT2D eigenvalue weighted by Crippen LogP contribution is 2.35. The van der Waals surface area contributed by atoms with Crippen LogP contribution >= 0.6 is 11.3 Å². The lowest BCUT2D eigenvalue weighted by Gasteiger charge is -2.09. The fourth-order valence-corrected chi connectivity index (χ4v) is 4.24. The molecule has 0 aliphatic heterocycles.